The largest absolute Gasteiger partial charge is 0.383 e. The van der Waals surface area contributed by atoms with Crippen LogP contribution in [0.3, 0.4) is 0 Å². The fourth-order valence-corrected chi connectivity index (χ4v) is 3.40. The molecule has 26 heavy (non-hydrogen) atoms. The van der Waals surface area contributed by atoms with Crippen molar-refractivity contribution in [2.75, 3.05) is 31.2 Å². The highest BCUT2D eigenvalue weighted by Gasteiger charge is 2.18. The van der Waals surface area contributed by atoms with Crippen LogP contribution in [0.4, 0.5) is 11.8 Å². The molecule has 0 aliphatic carbocycles. The zero-order valence-electron chi connectivity index (χ0n) is 15.2. The van der Waals surface area contributed by atoms with Gasteiger partial charge < -0.3 is 16.0 Å². The summed E-state index contributed by atoms with van der Waals surface area (Å²) in [6, 6.07) is 12.6. The zero-order valence-corrected chi connectivity index (χ0v) is 15.2. The number of likely N-dealkylation sites (tertiary alicyclic amines) is 1. The maximum absolute atomic E-state index is 6.16. The number of anilines is 2. The molecule has 134 valence electrons. The summed E-state index contributed by atoms with van der Waals surface area (Å²) in [7, 11) is 2.15. The molecule has 1 aliphatic heterocycles. The summed E-state index contributed by atoms with van der Waals surface area (Å²) in [6.07, 6.45) is 2.16. The molecular formula is C20H24N6. The van der Waals surface area contributed by atoms with Gasteiger partial charge in [-0.3, -0.25) is 0 Å². The molecule has 1 fully saturated rings. The second-order valence-corrected chi connectivity index (χ2v) is 7.09. The second-order valence-electron chi connectivity index (χ2n) is 7.09. The van der Waals surface area contributed by atoms with Gasteiger partial charge >= 0.3 is 0 Å². The molecule has 1 aromatic carbocycles. The predicted molar refractivity (Wildman–Crippen MR) is 106 cm³/mol. The van der Waals surface area contributed by atoms with Gasteiger partial charge in [-0.05, 0) is 58.1 Å². The number of aryl methyl sites for hydroxylation is 1. The number of rotatable bonds is 3. The Morgan fingerprint density at radius 2 is 1.88 bits per heavy atom. The second kappa shape index (κ2) is 6.88. The maximum atomic E-state index is 6.16. The van der Waals surface area contributed by atoms with Crippen LogP contribution in [0.1, 0.15) is 18.4 Å². The molecule has 1 saturated heterocycles. The van der Waals surface area contributed by atoms with Gasteiger partial charge in [0.15, 0.2) is 5.65 Å². The number of aromatic nitrogens is 3. The van der Waals surface area contributed by atoms with E-state index in [1.165, 1.54) is 5.56 Å². The third-order valence-corrected chi connectivity index (χ3v) is 4.95. The smallest absolute Gasteiger partial charge is 0.226 e. The van der Waals surface area contributed by atoms with Crippen LogP contribution in [0, 0.1) is 6.92 Å². The van der Waals surface area contributed by atoms with Gasteiger partial charge in [-0.1, -0.05) is 23.8 Å². The van der Waals surface area contributed by atoms with Gasteiger partial charge in [0.1, 0.15) is 5.82 Å². The van der Waals surface area contributed by atoms with E-state index < -0.39 is 0 Å². The van der Waals surface area contributed by atoms with Gasteiger partial charge in [-0.25, -0.2) is 4.98 Å². The van der Waals surface area contributed by atoms with Crippen molar-refractivity contribution in [3.63, 3.8) is 0 Å². The Labute approximate surface area is 153 Å². The molecule has 3 aromatic rings. The van der Waals surface area contributed by atoms with Crippen LogP contribution in [0.15, 0.2) is 36.4 Å². The summed E-state index contributed by atoms with van der Waals surface area (Å²) in [5.41, 5.74) is 9.96. The van der Waals surface area contributed by atoms with Crippen molar-refractivity contribution in [1.82, 2.24) is 19.9 Å². The summed E-state index contributed by atoms with van der Waals surface area (Å²) in [6.45, 7) is 4.24. The lowest BCUT2D eigenvalue weighted by Crippen LogP contribution is -2.37. The van der Waals surface area contributed by atoms with Crippen molar-refractivity contribution >= 4 is 22.8 Å². The molecule has 0 bridgehead atoms. The fraction of sp³-hybridized carbons (Fsp3) is 0.350. The van der Waals surface area contributed by atoms with Crippen LogP contribution in [0.2, 0.25) is 0 Å². The molecule has 1 aliphatic rings. The molecule has 4 rings (SSSR count). The Morgan fingerprint density at radius 1 is 1.08 bits per heavy atom. The van der Waals surface area contributed by atoms with Crippen molar-refractivity contribution in [1.29, 1.82) is 0 Å². The van der Waals surface area contributed by atoms with Crippen LogP contribution in [-0.4, -0.2) is 46.0 Å². The van der Waals surface area contributed by atoms with E-state index >= 15 is 0 Å². The van der Waals surface area contributed by atoms with Crippen molar-refractivity contribution < 1.29 is 0 Å². The summed E-state index contributed by atoms with van der Waals surface area (Å²) in [4.78, 5) is 16.1. The summed E-state index contributed by atoms with van der Waals surface area (Å²) in [5.74, 6) is 1.03. The lowest BCUT2D eigenvalue weighted by atomic mass is 10.1. The number of nitrogens with one attached hydrogen (secondary N) is 1. The molecule has 0 radical (unpaired) electrons. The topological polar surface area (TPSA) is 80.0 Å². The molecule has 6 nitrogen and oxygen atoms in total. The van der Waals surface area contributed by atoms with Crippen LogP contribution >= 0.6 is 0 Å². The number of nitrogen functional groups attached to an aromatic ring is 1. The summed E-state index contributed by atoms with van der Waals surface area (Å²) >= 11 is 0. The van der Waals surface area contributed by atoms with Crippen molar-refractivity contribution in [3.05, 3.63) is 42.0 Å². The SMILES string of the molecule is Cc1cccc(-c2ccc3c(N)nc(NC4CCN(C)CC4)nc3n2)c1. The van der Waals surface area contributed by atoms with E-state index in [9.17, 15) is 0 Å². The third-order valence-electron chi connectivity index (χ3n) is 4.95. The molecule has 2 aromatic heterocycles. The van der Waals surface area contributed by atoms with Gasteiger partial charge in [0.25, 0.3) is 0 Å². The number of hydrogen-bond acceptors (Lipinski definition) is 6. The maximum Gasteiger partial charge on any atom is 0.226 e. The minimum atomic E-state index is 0.378. The Morgan fingerprint density at radius 3 is 2.65 bits per heavy atom. The molecule has 0 atom stereocenters. The lowest BCUT2D eigenvalue weighted by Gasteiger charge is -2.29. The minimum Gasteiger partial charge on any atom is -0.383 e. The molecular weight excluding hydrogens is 324 g/mol. The van der Waals surface area contributed by atoms with Gasteiger partial charge in [0, 0.05) is 11.6 Å². The third kappa shape index (κ3) is 3.46. The van der Waals surface area contributed by atoms with E-state index in [2.05, 4.69) is 52.4 Å². The van der Waals surface area contributed by atoms with Crippen molar-refractivity contribution in [3.8, 4) is 11.3 Å². The van der Waals surface area contributed by atoms with Gasteiger partial charge in [0.05, 0.1) is 11.1 Å². The highest BCUT2D eigenvalue weighted by molar-refractivity contribution is 5.88. The molecule has 0 amide bonds. The average molecular weight is 348 g/mol. The number of benzene rings is 1. The first-order valence-electron chi connectivity index (χ1n) is 9.05. The van der Waals surface area contributed by atoms with E-state index in [1.807, 2.05) is 18.2 Å². The van der Waals surface area contributed by atoms with Gasteiger partial charge in [-0.15, -0.1) is 0 Å². The number of pyridine rings is 1. The van der Waals surface area contributed by atoms with Crippen molar-refractivity contribution in [2.24, 2.45) is 0 Å². The number of fused-ring (bicyclic) bond motifs is 1. The molecule has 3 N–H and O–H groups in total. The molecule has 0 unspecified atom stereocenters. The molecule has 0 spiro atoms. The minimum absolute atomic E-state index is 0.378. The number of hydrogen-bond donors (Lipinski definition) is 2. The van der Waals surface area contributed by atoms with Crippen LogP contribution in [0.5, 0.6) is 0 Å². The van der Waals surface area contributed by atoms with E-state index in [0.29, 0.717) is 23.5 Å². The molecule has 3 heterocycles. The van der Waals surface area contributed by atoms with Gasteiger partial charge in [-0.2, -0.15) is 9.97 Å². The first-order valence-corrected chi connectivity index (χ1v) is 9.05. The van der Waals surface area contributed by atoms with E-state index in [1.54, 1.807) is 0 Å². The Hall–Kier alpha value is -2.73. The van der Waals surface area contributed by atoms with Crippen LogP contribution < -0.4 is 11.1 Å². The quantitative estimate of drug-likeness (QED) is 0.757. The van der Waals surface area contributed by atoms with Crippen LogP contribution in [0.25, 0.3) is 22.3 Å². The van der Waals surface area contributed by atoms with E-state index in [4.69, 9.17) is 10.7 Å². The Kier molecular flexibility index (Phi) is 4.42. The molecule has 6 heteroatoms. The first kappa shape index (κ1) is 16.7. The van der Waals surface area contributed by atoms with Crippen LogP contribution in [-0.2, 0) is 0 Å². The predicted octanol–water partition coefficient (Wildman–Crippen LogP) is 3.09. The molecule has 0 saturated carbocycles. The highest BCUT2D eigenvalue weighted by Crippen LogP contribution is 2.24. The van der Waals surface area contributed by atoms with Gasteiger partial charge in [0.2, 0.25) is 5.95 Å². The Balaban J connectivity index is 1.66. The monoisotopic (exact) mass is 348 g/mol. The first-order chi connectivity index (χ1) is 12.6. The van der Waals surface area contributed by atoms with Crippen molar-refractivity contribution in [2.45, 2.75) is 25.8 Å². The number of nitrogens with two attached hydrogens (primary N) is 1. The normalized spacial score (nSPS) is 16.1. The Bertz CT molecular complexity index is 931. The summed E-state index contributed by atoms with van der Waals surface area (Å²) in [5, 5.41) is 4.22. The van der Waals surface area contributed by atoms with E-state index in [0.717, 1.165) is 42.6 Å². The number of piperidine rings is 1. The summed E-state index contributed by atoms with van der Waals surface area (Å²) < 4.78 is 0. The zero-order chi connectivity index (χ0) is 18.1. The standard InChI is InChI=1S/C20H24N6/c1-13-4-3-5-14(12-13)17-7-6-16-18(21)24-20(25-19(16)23-17)22-15-8-10-26(2)11-9-15/h3-7,12,15H,8-11H2,1-2H3,(H3,21,22,23,24,25). The number of nitrogens with zero attached hydrogens (tertiary/aromatic N) is 4. The average Bonchev–Trinajstić information content (AvgIpc) is 2.63. The highest BCUT2D eigenvalue weighted by atomic mass is 15.2. The fourth-order valence-electron chi connectivity index (χ4n) is 3.40. The lowest BCUT2D eigenvalue weighted by molar-refractivity contribution is 0.263. The van der Waals surface area contributed by atoms with E-state index in [-0.39, 0.29) is 0 Å².